The largest absolute Gasteiger partial charge is 0.456 e. The third-order valence-electron chi connectivity index (χ3n) is 7.89. The summed E-state index contributed by atoms with van der Waals surface area (Å²) in [5.41, 5.74) is 3.02. The molecule has 1 atom stereocenters. The lowest BCUT2D eigenvalue weighted by molar-refractivity contribution is -0.129. The van der Waals surface area contributed by atoms with Gasteiger partial charge in [-0.15, -0.1) is 0 Å². The average Bonchev–Trinajstić information content (AvgIpc) is 3.32. The van der Waals surface area contributed by atoms with E-state index in [0.717, 1.165) is 62.0 Å². The molecule has 2 aromatic carbocycles. The smallest absolute Gasteiger partial charge is 0.146 e. The van der Waals surface area contributed by atoms with E-state index in [4.69, 9.17) is 4.42 Å². The number of nitrogens with zero attached hydrogens (tertiary/aromatic N) is 1. The molecule has 0 radical (unpaired) electrons. The molecule has 0 amide bonds. The maximum Gasteiger partial charge on any atom is 0.146 e. The van der Waals surface area contributed by atoms with E-state index in [9.17, 15) is 4.79 Å². The summed E-state index contributed by atoms with van der Waals surface area (Å²) in [5, 5.41) is 1.16. The third-order valence-corrected chi connectivity index (χ3v) is 7.89. The lowest BCUT2D eigenvalue weighted by Gasteiger charge is -2.36. The topological polar surface area (TPSA) is 33.5 Å². The number of benzene rings is 2. The fourth-order valence-corrected chi connectivity index (χ4v) is 5.69. The molecule has 0 spiro atoms. The van der Waals surface area contributed by atoms with Gasteiger partial charge in [-0.05, 0) is 62.4 Å². The van der Waals surface area contributed by atoms with Crippen LogP contribution in [0, 0.1) is 5.92 Å². The van der Waals surface area contributed by atoms with Crippen molar-refractivity contribution in [1.82, 2.24) is 4.90 Å². The van der Waals surface area contributed by atoms with E-state index < -0.39 is 5.41 Å². The molecule has 1 aromatic heterocycles. The molecule has 5 rings (SSSR count). The van der Waals surface area contributed by atoms with E-state index in [1.807, 2.05) is 18.2 Å². The van der Waals surface area contributed by atoms with Crippen LogP contribution in [0.1, 0.15) is 63.2 Å². The molecule has 1 fully saturated rings. The Labute approximate surface area is 197 Å². The van der Waals surface area contributed by atoms with E-state index >= 15 is 0 Å². The van der Waals surface area contributed by atoms with Gasteiger partial charge >= 0.3 is 0 Å². The van der Waals surface area contributed by atoms with Gasteiger partial charge in [0.05, 0.1) is 5.41 Å². The van der Waals surface area contributed by atoms with Crippen LogP contribution in [-0.2, 0) is 10.2 Å². The standard InChI is InChI=1S/C30H35NO2/c1-30(26-13-6-3-7-14-26,29(32)24-10-4-2-5-11-24)18-21-31-19-16-23(17-20-31)28-22-25-12-8-9-15-27(25)33-28/h3,6-9,12-16,22,24H,2,4-5,10-11,17-21H2,1H3. The van der Waals surface area contributed by atoms with E-state index in [2.05, 4.69) is 60.4 Å². The Morgan fingerprint density at radius 2 is 1.79 bits per heavy atom. The summed E-state index contributed by atoms with van der Waals surface area (Å²) < 4.78 is 6.08. The van der Waals surface area contributed by atoms with Gasteiger partial charge in [-0.3, -0.25) is 9.69 Å². The number of rotatable bonds is 7. The van der Waals surface area contributed by atoms with Crippen LogP contribution in [0.15, 0.2) is 71.2 Å². The Morgan fingerprint density at radius 3 is 2.52 bits per heavy atom. The van der Waals surface area contributed by atoms with Crippen LogP contribution in [0.3, 0.4) is 0 Å². The minimum Gasteiger partial charge on any atom is -0.456 e. The Morgan fingerprint density at radius 1 is 1.03 bits per heavy atom. The minimum atomic E-state index is -0.411. The van der Waals surface area contributed by atoms with Crippen LogP contribution in [0.2, 0.25) is 0 Å². The minimum absolute atomic E-state index is 0.227. The molecule has 1 aliphatic carbocycles. The first-order valence-corrected chi connectivity index (χ1v) is 12.6. The van der Waals surface area contributed by atoms with Crippen molar-refractivity contribution in [3.63, 3.8) is 0 Å². The first-order chi connectivity index (χ1) is 16.1. The van der Waals surface area contributed by atoms with Crippen LogP contribution in [0.5, 0.6) is 0 Å². The summed E-state index contributed by atoms with van der Waals surface area (Å²) in [7, 11) is 0. The number of ketones is 1. The zero-order chi connectivity index (χ0) is 22.7. The van der Waals surface area contributed by atoms with Gasteiger partial charge < -0.3 is 4.42 Å². The predicted molar refractivity (Wildman–Crippen MR) is 135 cm³/mol. The van der Waals surface area contributed by atoms with E-state index in [0.29, 0.717) is 5.78 Å². The molecule has 0 saturated heterocycles. The molecule has 0 bridgehead atoms. The normalized spacial score (nSPS) is 19.8. The number of para-hydroxylation sites is 1. The van der Waals surface area contributed by atoms with Gasteiger partial charge in [0.15, 0.2) is 0 Å². The van der Waals surface area contributed by atoms with Gasteiger partial charge in [-0.25, -0.2) is 0 Å². The van der Waals surface area contributed by atoms with Crippen molar-refractivity contribution in [2.24, 2.45) is 5.92 Å². The highest BCUT2D eigenvalue weighted by Crippen LogP contribution is 2.37. The second kappa shape index (κ2) is 9.69. The highest BCUT2D eigenvalue weighted by Gasteiger charge is 2.39. The van der Waals surface area contributed by atoms with Gasteiger partial charge in [0.2, 0.25) is 0 Å². The first-order valence-electron chi connectivity index (χ1n) is 12.6. The average molecular weight is 442 g/mol. The lowest BCUT2D eigenvalue weighted by atomic mass is 9.69. The Bertz CT molecular complexity index is 1090. The van der Waals surface area contributed by atoms with Crippen molar-refractivity contribution >= 4 is 22.3 Å². The van der Waals surface area contributed by atoms with Gasteiger partial charge in [-0.1, -0.05) is 73.9 Å². The highest BCUT2D eigenvalue weighted by atomic mass is 16.3. The summed E-state index contributed by atoms with van der Waals surface area (Å²) in [6, 6.07) is 20.9. The molecule has 33 heavy (non-hydrogen) atoms. The Hall–Kier alpha value is -2.65. The monoisotopic (exact) mass is 441 g/mol. The molecule has 3 aromatic rings. The number of carbonyl (C=O) groups is 1. The number of hydrogen-bond donors (Lipinski definition) is 0. The van der Waals surface area contributed by atoms with E-state index in [1.165, 1.54) is 30.4 Å². The van der Waals surface area contributed by atoms with Gasteiger partial charge in [-0.2, -0.15) is 0 Å². The molecule has 2 aliphatic rings. The van der Waals surface area contributed by atoms with Crippen molar-refractivity contribution in [2.75, 3.05) is 19.6 Å². The molecule has 0 N–H and O–H groups in total. The van der Waals surface area contributed by atoms with Crippen LogP contribution < -0.4 is 0 Å². The molecule has 1 aliphatic heterocycles. The molecular formula is C30H35NO2. The van der Waals surface area contributed by atoms with Crippen LogP contribution in [-0.4, -0.2) is 30.3 Å². The van der Waals surface area contributed by atoms with Crippen LogP contribution >= 0.6 is 0 Å². The molecule has 1 saturated carbocycles. The van der Waals surface area contributed by atoms with Crippen molar-refractivity contribution in [2.45, 2.75) is 57.3 Å². The van der Waals surface area contributed by atoms with Crippen molar-refractivity contribution < 1.29 is 9.21 Å². The Kier molecular flexibility index (Phi) is 6.50. The van der Waals surface area contributed by atoms with Crippen LogP contribution in [0.25, 0.3) is 16.5 Å². The summed E-state index contributed by atoms with van der Waals surface area (Å²) in [6.45, 7) is 5.05. The summed E-state index contributed by atoms with van der Waals surface area (Å²) in [5.74, 6) is 1.69. The second-order valence-electron chi connectivity index (χ2n) is 10.1. The highest BCUT2D eigenvalue weighted by molar-refractivity contribution is 5.91. The summed E-state index contributed by atoms with van der Waals surface area (Å²) in [4.78, 5) is 16.3. The molecule has 172 valence electrons. The van der Waals surface area contributed by atoms with Crippen molar-refractivity contribution in [1.29, 1.82) is 0 Å². The zero-order valence-electron chi connectivity index (χ0n) is 19.8. The lowest BCUT2D eigenvalue weighted by Crippen LogP contribution is -2.42. The Balaban J connectivity index is 1.28. The van der Waals surface area contributed by atoms with Gasteiger partial charge in [0.1, 0.15) is 17.1 Å². The maximum atomic E-state index is 13.8. The van der Waals surface area contributed by atoms with E-state index in [-0.39, 0.29) is 5.92 Å². The molecule has 1 unspecified atom stereocenters. The summed E-state index contributed by atoms with van der Waals surface area (Å²) >= 11 is 0. The van der Waals surface area contributed by atoms with Crippen molar-refractivity contribution in [3.05, 3.63) is 78.1 Å². The fraction of sp³-hybridized carbons (Fsp3) is 0.433. The molecular weight excluding hydrogens is 406 g/mol. The first kappa shape index (κ1) is 22.2. The zero-order valence-corrected chi connectivity index (χ0v) is 19.8. The van der Waals surface area contributed by atoms with E-state index in [1.54, 1.807) is 0 Å². The fourth-order valence-electron chi connectivity index (χ4n) is 5.69. The summed E-state index contributed by atoms with van der Waals surface area (Å²) in [6.07, 6.45) is 9.97. The van der Waals surface area contributed by atoms with Gasteiger partial charge in [0, 0.05) is 24.4 Å². The quantitative estimate of drug-likeness (QED) is 0.395. The second-order valence-corrected chi connectivity index (χ2v) is 10.1. The predicted octanol–water partition coefficient (Wildman–Crippen LogP) is 7.02. The molecule has 2 heterocycles. The molecule has 3 nitrogen and oxygen atoms in total. The van der Waals surface area contributed by atoms with Gasteiger partial charge in [0.25, 0.3) is 0 Å². The molecule has 3 heteroatoms. The SMILES string of the molecule is CC(CCN1CC=C(c2cc3ccccc3o2)CC1)(C(=O)C1CCCCC1)c1ccccc1. The number of hydrogen-bond acceptors (Lipinski definition) is 3. The number of furan rings is 1. The van der Waals surface area contributed by atoms with Crippen LogP contribution in [0.4, 0.5) is 0 Å². The number of fused-ring (bicyclic) bond motifs is 1. The maximum absolute atomic E-state index is 13.8. The number of carbonyl (C=O) groups excluding carboxylic acids is 1. The third kappa shape index (κ3) is 4.70. The van der Waals surface area contributed by atoms with Crippen molar-refractivity contribution in [3.8, 4) is 0 Å². The number of Topliss-reactive ketones (excluding diaryl/α,β-unsaturated/α-hetero) is 1.